The normalized spacial score (nSPS) is 12.3. The Morgan fingerprint density at radius 3 is 2.79 bits per heavy atom. The van der Waals surface area contributed by atoms with Gasteiger partial charge in [0.2, 0.25) is 0 Å². The third kappa shape index (κ3) is 3.75. The molecular formula is C14H14O3S2. The van der Waals surface area contributed by atoms with E-state index in [0.29, 0.717) is 17.1 Å². The number of rotatable bonds is 5. The summed E-state index contributed by atoms with van der Waals surface area (Å²) in [6.07, 6.45) is 0. The lowest BCUT2D eigenvalue weighted by molar-refractivity contribution is 0.0701. The molecule has 1 aromatic heterocycles. The van der Waals surface area contributed by atoms with Gasteiger partial charge < -0.3 is 5.11 Å². The van der Waals surface area contributed by atoms with Gasteiger partial charge in [-0.05, 0) is 29.5 Å². The number of carbonyl (C=O) groups is 1. The molecule has 0 aliphatic carbocycles. The van der Waals surface area contributed by atoms with Gasteiger partial charge in [0, 0.05) is 16.6 Å². The highest BCUT2D eigenvalue weighted by atomic mass is 32.2. The standard InChI is InChI=1S/C14H14O3S2/c1-10-3-2-4-11(7-10)8-19(17)9-12-5-6-18-13(12)14(15)16/h2-7H,8-9H2,1H3,(H,15,16). The van der Waals surface area contributed by atoms with Crippen molar-refractivity contribution in [1.29, 1.82) is 0 Å². The first-order chi connectivity index (χ1) is 9.06. The van der Waals surface area contributed by atoms with Crippen LogP contribution in [0.4, 0.5) is 0 Å². The van der Waals surface area contributed by atoms with Crippen LogP contribution >= 0.6 is 11.3 Å². The van der Waals surface area contributed by atoms with Crippen LogP contribution in [0.5, 0.6) is 0 Å². The molecule has 2 aromatic rings. The predicted molar refractivity (Wildman–Crippen MR) is 78.0 cm³/mol. The molecule has 0 bridgehead atoms. The molecule has 0 radical (unpaired) electrons. The minimum atomic E-state index is -1.09. The van der Waals surface area contributed by atoms with Crippen molar-refractivity contribution in [3.8, 4) is 0 Å². The van der Waals surface area contributed by atoms with Crippen molar-refractivity contribution in [3.05, 3.63) is 57.3 Å². The summed E-state index contributed by atoms with van der Waals surface area (Å²) >= 11 is 1.17. The highest BCUT2D eigenvalue weighted by molar-refractivity contribution is 7.83. The van der Waals surface area contributed by atoms with E-state index in [1.807, 2.05) is 31.2 Å². The van der Waals surface area contributed by atoms with Crippen LogP contribution in [0.3, 0.4) is 0 Å². The van der Waals surface area contributed by atoms with E-state index >= 15 is 0 Å². The Hall–Kier alpha value is -1.46. The van der Waals surface area contributed by atoms with Crippen LogP contribution in [0.15, 0.2) is 35.7 Å². The van der Waals surface area contributed by atoms with E-state index in [-0.39, 0.29) is 4.88 Å². The van der Waals surface area contributed by atoms with Gasteiger partial charge in [-0.1, -0.05) is 29.8 Å². The van der Waals surface area contributed by atoms with Gasteiger partial charge in [-0.15, -0.1) is 11.3 Å². The van der Waals surface area contributed by atoms with Crippen molar-refractivity contribution in [2.75, 3.05) is 0 Å². The van der Waals surface area contributed by atoms with Gasteiger partial charge in [0.25, 0.3) is 0 Å². The molecule has 0 aliphatic heterocycles. The molecule has 19 heavy (non-hydrogen) atoms. The average Bonchev–Trinajstić information content (AvgIpc) is 2.76. The van der Waals surface area contributed by atoms with E-state index in [4.69, 9.17) is 5.11 Å². The molecule has 1 atom stereocenters. The van der Waals surface area contributed by atoms with Crippen molar-refractivity contribution in [3.63, 3.8) is 0 Å². The second kappa shape index (κ2) is 6.12. The fraction of sp³-hybridized carbons (Fsp3) is 0.214. The van der Waals surface area contributed by atoms with E-state index in [1.165, 1.54) is 11.3 Å². The van der Waals surface area contributed by atoms with Gasteiger partial charge in [0.05, 0.1) is 5.75 Å². The first-order valence-electron chi connectivity index (χ1n) is 5.76. The molecule has 0 saturated heterocycles. The van der Waals surface area contributed by atoms with Gasteiger partial charge >= 0.3 is 5.97 Å². The minimum Gasteiger partial charge on any atom is -0.477 e. The molecule has 0 saturated carbocycles. The number of hydrogen-bond acceptors (Lipinski definition) is 3. The largest absolute Gasteiger partial charge is 0.477 e. The monoisotopic (exact) mass is 294 g/mol. The lowest BCUT2D eigenvalue weighted by Crippen LogP contribution is -2.03. The quantitative estimate of drug-likeness (QED) is 0.921. The number of carboxylic acids is 1. The SMILES string of the molecule is Cc1cccc(CS(=O)Cc2ccsc2C(=O)O)c1. The van der Waals surface area contributed by atoms with Crippen molar-refractivity contribution in [1.82, 2.24) is 0 Å². The van der Waals surface area contributed by atoms with E-state index in [2.05, 4.69) is 0 Å². The maximum absolute atomic E-state index is 12.1. The molecule has 0 amide bonds. The fourth-order valence-corrected chi connectivity index (χ4v) is 3.94. The van der Waals surface area contributed by atoms with Gasteiger partial charge in [0.1, 0.15) is 4.88 Å². The molecule has 1 heterocycles. The summed E-state index contributed by atoms with van der Waals surface area (Å²) in [7, 11) is -1.09. The van der Waals surface area contributed by atoms with Crippen LogP contribution in [0.25, 0.3) is 0 Å². The molecule has 0 spiro atoms. The summed E-state index contributed by atoms with van der Waals surface area (Å²) in [5.74, 6) is -0.201. The molecule has 0 fully saturated rings. The molecule has 0 aliphatic rings. The Bertz CT molecular complexity index is 617. The molecule has 100 valence electrons. The molecule has 5 heteroatoms. The second-order valence-electron chi connectivity index (χ2n) is 4.30. The van der Waals surface area contributed by atoms with Gasteiger partial charge in [-0.25, -0.2) is 4.79 Å². The summed E-state index contributed by atoms with van der Waals surface area (Å²) in [6, 6.07) is 9.62. The smallest absolute Gasteiger partial charge is 0.346 e. The maximum Gasteiger partial charge on any atom is 0.346 e. The van der Waals surface area contributed by atoms with E-state index in [9.17, 15) is 9.00 Å². The lowest BCUT2D eigenvalue weighted by Gasteiger charge is -2.03. The number of aromatic carboxylic acids is 1. The zero-order chi connectivity index (χ0) is 13.8. The van der Waals surface area contributed by atoms with Gasteiger partial charge in [-0.3, -0.25) is 4.21 Å². The van der Waals surface area contributed by atoms with Crippen LogP contribution < -0.4 is 0 Å². The molecule has 2 rings (SSSR count). The number of hydrogen-bond donors (Lipinski definition) is 1. The minimum absolute atomic E-state index is 0.289. The van der Waals surface area contributed by atoms with E-state index < -0.39 is 16.8 Å². The summed E-state index contributed by atoms with van der Waals surface area (Å²) in [5, 5.41) is 10.7. The molecule has 1 N–H and O–H groups in total. The lowest BCUT2D eigenvalue weighted by atomic mass is 10.2. The number of benzene rings is 1. The maximum atomic E-state index is 12.1. The van der Waals surface area contributed by atoms with Crippen LogP contribution in [0.1, 0.15) is 26.4 Å². The highest BCUT2D eigenvalue weighted by Gasteiger charge is 2.14. The number of thiophene rings is 1. The topological polar surface area (TPSA) is 54.4 Å². The Labute approximate surface area is 118 Å². The molecule has 1 aromatic carbocycles. The molecule has 3 nitrogen and oxygen atoms in total. The highest BCUT2D eigenvalue weighted by Crippen LogP contribution is 2.19. The van der Waals surface area contributed by atoms with Crippen molar-refractivity contribution < 1.29 is 14.1 Å². The fourth-order valence-electron chi connectivity index (χ4n) is 1.85. The summed E-state index contributed by atoms with van der Waals surface area (Å²) < 4.78 is 12.1. The predicted octanol–water partition coefficient (Wildman–Crippen LogP) is 3.20. The Morgan fingerprint density at radius 1 is 1.32 bits per heavy atom. The Balaban J connectivity index is 2.05. The van der Waals surface area contributed by atoms with Crippen molar-refractivity contribution in [2.24, 2.45) is 0 Å². The van der Waals surface area contributed by atoms with Crippen LogP contribution in [0.2, 0.25) is 0 Å². The van der Waals surface area contributed by atoms with Crippen molar-refractivity contribution in [2.45, 2.75) is 18.4 Å². The first kappa shape index (κ1) is 14.0. The third-order valence-corrected chi connectivity index (χ3v) is 4.90. The Morgan fingerprint density at radius 2 is 2.11 bits per heavy atom. The zero-order valence-corrected chi connectivity index (χ0v) is 12.1. The molecule has 1 unspecified atom stereocenters. The first-order valence-corrected chi connectivity index (χ1v) is 8.13. The van der Waals surface area contributed by atoms with Gasteiger partial charge in [0.15, 0.2) is 0 Å². The van der Waals surface area contributed by atoms with E-state index in [0.717, 1.165) is 11.1 Å². The van der Waals surface area contributed by atoms with Crippen LogP contribution in [-0.4, -0.2) is 15.3 Å². The zero-order valence-electron chi connectivity index (χ0n) is 10.5. The van der Waals surface area contributed by atoms with Crippen LogP contribution in [-0.2, 0) is 22.3 Å². The number of carboxylic acid groups (broad SMARTS) is 1. The van der Waals surface area contributed by atoms with Crippen LogP contribution in [0, 0.1) is 6.92 Å². The molecular weight excluding hydrogens is 280 g/mol. The summed E-state index contributed by atoms with van der Waals surface area (Å²) in [5.41, 5.74) is 2.81. The van der Waals surface area contributed by atoms with Gasteiger partial charge in [-0.2, -0.15) is 0 Å². The Kier molecular flexibility index (Phi) is 4.50. The second-order valence-corrected chi connectivity index (χ2v) is 6.67. The summed E-state index contributed by atoms with van der Waals surface area (Å²) in [4.78, 5) is 11.3. The average molecular weight is 294 g/mol. The number of aryl methyl sites for hydroxylation is 1. The summed E-state index contributed by atoms with van der Waals surface area (Å²) in [6.45, 7) is 1.99. The third-order valence-electron chi connectivity index (χ3n) is 2.67. The van der Waals surface area contributed by atoms with Crippen molar-refractivity contribution >= 4 is 28.1 Å². The van der Waals surface area contributed by atoms with E-state index in [1.54, 1.807) is 11.4 Å².